The molecule has 0 aliphatic rings. The molecule has 2 amide bonds. The third-order valence-corrected chi connectivity index (χ3v) is 4.63. The molecule has 0 radical (unpaired) electrons. The van der Waals surface area contributed by atoms with E-state index in [1.807, 2.05) is 12.1 Å². The van der Waals surface area contributed by atoms with Crippen LogP contribution in [0, 0.1) is 6.92 Å². The Morgan fingerprint density at radius 1 is 1.03 bits per heavy atom. The van der Waals surface area contributed by atoms with Crippen LogP contribution in [0.25, 0.3) is 11.3 Å². The molecule has 31 heavy (non-hydrogen) atoms. The predicted molar refractivity (Wildman–Crippen MR) is 117 cm³/mol. The summed E-state index contributed by atoms with van der Waals surface area (Å²) in [7, 11) is 0. The zero-order valence-corrected chi connectivity index (χ0v) is 17.8. The van der Waals surface area contributed by atoms with Crippen LogP contribution in [0.15, 0.2) is 59.0 Å². The van der Waals surface area contributed by atoms with Gasteiger partial charge in [-0.25, -0.2) is 4.79 Å². The third kappa shape index (κ3) is 5.96. The smallest absolute Gasteiger partial charge is 0.340 e. The number of esters is 1. The molecule has 0 unspecified atom stereocenters. The average Bonchev–Trinajstić information content (AvgIpc) is 3.21. The van der Waals surface area contributed by atoms with Crippen LogP contribution >= 0.6 is 11.6 Å². The Kier molecular flexibility index (Phi) is 7.10. The minimum absolute atomic E-state index is 0.144. The number of anilines is 1. The van der Waals surface area contributed by atoms with Crippen LogP contribution in [0.5, 0.6) is 0 Å². The molecule has 2 N–H and O–H groups in total. The molecule has 0 bridgehead atoms. The van der Waals surface area contributed by atoms with Crippen molar-refractivity contribution in [3.05, 3.63) is 76.5 Å². The summed E-state index contributed by atoms with van der Waals surface area (Å²) in [6, 6.07) is 15.7. The van der Waals surface area contributed by atoms with Crippen molar-refractivity contribution in [2.75, 3.05) is 11.9 Å². The van der Waals surface area contributed by atoms with Crippen molar-refractivity contribution in [3.8, 4) is 11.3 Å². The fraction of sp³-hybridized carbons (Fsp3) is 0.174. The molecule has 0 aliphatic carbocycles. The van der Waals surface area contributed by atoms with Gasteiger partial charge in [0.15, 0.2) is 6.61 Å². The molecule has 0 atom stereocenters. The number of benzene rings is 2. The third-order valence-electron chi connectivity index (χ3n) is 4.38. The summed E-state index contributed by atoms with van der Waals surface area (Å²) >= 11 is 5.89. The first kappa shape index (κ1) is 22.1. The number of rotatable bonds is 7. The molecule has 1 heterocycles. The highest BCUT2D eigenvalue weighted by atomic mass is 35.5. The highest BCUT2D eigenvalue weighted by molar-refractivity contribution is 6.30. The van der Waals surface area contributed by atoms with E-state index in [4.69, 9.17) is 20.8 Å². The minimum atomic E-state index is -0.703. The van der Waals surface area contributed by atoms with Crippen molar-refractivity contribution in [3.63, 3.8) is 0 Å². The number of amides is 2. The first-order chi connectivity index (χ1) is 14.8. The number of carbonyl (C=O) groups is 3. The molecule has 8 heteroatoms. The summed E-state index contributed by atoms with van der Waals surface area (Å²) in [5.41, 5.74) is 2.12. The van der Waals surface area contributed by atoms with Crippen molar-refractivity contribution in [2.24, 2.45) is 0 Å². The second-order valence-corrected chi connectivity index (χ2v) is 7.24. The maximum atomic E-state index is 12.4. The molecule has 160 valence electrons. The Labute approximate surface area is 184 Å². The van der Waals surface area contributed by atoms with Crippen LogP contribution in [-0.4, -0.2) is 24.4 Å². The van der Waals surface area contributed by atoms with E-state index >= 15 is 0 Å². The van der Waals surface area contributed by atoms with Gasteiger partial charge in [0.1, 0.15) is 11.5 Å². The molecule has 3 aromatic rings. The van der Waals surface area contributed by atoms with E-state index in [1.165, 1.54) is 13.0 Å². The molecule has 3 rings (SSSR count). The van der Waals surface area contributed by atoms with Crippen molar-refractivity contribution in [1.82, 2.24) is 5.32 Å². The fourth-order valence-corrected chi connectivity index (χ4v) is 2.99. The van der Waals surface area contributed by atoms with Crippen LogP contribution in [0.4, 0.5) is 5.69 Å². The first-order valence-corrected chi connectivity index (χ1v) is 9.87. The van der Waals surface area contributed by atoms with E-state index in [2.05, 4.69) is 10.6 Å². The fourth-order valence-electron chi connectivity index (χ4n) is 2.87. The van der Waals surface area contributed by atoms with E-state index in [-0.39, 0.29) is 18.0 Å². The van der Waals surface area contributed by atoms with Gasteiger partial charge in [0.05, 0.1) is 17.8 Å². The number of aryl methyl sites for hydroxylation is 1. The number of para-hydroxylation sites is 1. The number of hydrogen-bond donors (Lipinski definition) is 2. The van der Waals surface area contributed by atoms with E-state index < -0.39 is 18.5 Å². The Bertz CT molecular complexity index is 1110. The number of ether oxygens (including phenoxy) is 1. The summed E-state index contributed by atoms with van der Waals surface area (Å²) in [6.45, 7) is 2.79. The normalized spacial score (nSPS) is 10.4. The SMILES string of the molecule is CC(=O)Nc1c(C)cccc1C(=O)OCC(=O)NCc1ccc(-c2ccc(Cl)cc2)o1. The molecule has 0 spiro atoms. The zero-order valence-electron chi connectivity index (χ0n) is 17.0. The Morgan fingerprint density at radius 3 is 2.48 bits per heavy atom. The lowest BCUT2D eigenvalue weighted by molar-refractivity contribution is -0.124. The lowest BCUT2D eigenvalue weighted by atomic mass is 10.1. The largest absolute Gasteiger partial charge is 0.459 e. The van der Waals surface area contributed by atoms with E-state index in [0.29, 0.717) is 27.8 Å². The number of carbonyl (C=O) groups excluding carboxylic acids is 3. The predicted octanol–water partition coefficient (Wildman–Crippen LogP) is 4.34. The quantitative estimate of drug-likeness (QED) is 0.532. The zero-order chi connectivity index (χ0) is 22.4. The summed E-state index contributed by atoms with van der Waals surface area (Å²) in [4.78, 5) is 35.9. The van der Waals surface area contributed by atoms with E-state index in [0.717, 1.165) is 5.56 Å². The molecular formula is C23H21ClN2O5. The van der Waals surface area contributed by atoms with E-state index in [9.17, 15) is 14.4 Å². The van der Waals surface area contributed by atoms with Gasteiger partial charge in [-0.1, -0.05) is 23.7 Å². The van der Waals surface area contributed by atoms with Gasteiger partial charge in [-0.15, -0.1) is 0 Å². The summed E-state index contributed by atoms with van der Waals surface area (Å²) in [5, 5.41) is 5.88. The lowest BCUT2D eigenvalue weighted by Gasteiger charge is -2.12. The van der Waals surface area contributed by atoms with Gasteiger partial charge < -0.3 is 19.8 Å². The molecule has 0 fully saturated rings. The van der Waals surface area contributed by atoms with Gasteiger partial charge >= 0.3 is 5.97 Å². The standard InChI is InChI=1S/C23H21ClN2O5/c1-14-4-3-5-19(22(14)26-15(2)27)23(29)30-13-21(28)25-12-18-10-11-20(31-18)16-6-8-17(24)9-7-16/h3-11H,12-13H2,1-2H3,(H,25,28)(H,26,27). The Morgan fingerprint density at radius 2 is 1.77 bits per heavy atom. The molecule has 0 saturated heterocycles. The van der Waals surface area contributed by atoms with E-state index in [1.54, 1.807) is 43.3 Å². The molecule has 0 saturated carbocycles. The summed E-state index contributed by atoms with van der Waals surface area (Å²) in [6.07, 6.45) is 0. The van der Waals surface area contributed by atoms with Crippen molar-refractivity contribution >= 4 is 35.1 Å². The first-order valence-electron chi connectivity index (χ1n) is 9.49. The minimum Gasteiger partial charge on any atom is -0.459 e. The van der Waals surface area contributed by atoms with Crippen LogP contribution in [-0.2, 0) is 20.9 Å². The van der Waals surface area contributed by atoms with Gasteiger partial charge in [0.2, 0.25) is 5.91 Å². The van der Waals surface area contributed by atoms with Gasteiger partial charge in [-0.05, 0) is 55.0 Å². The number of halogens is 1. The summed E-state index contributed by atoms with van der Waals surface area (Å²) < 4.78 is 10.8. The number of furan rings is 1. The number of nitrogens with one attached hydrogen (secondary N) is 2. The van der Waals surface area contributed by atoms with Gasteiger partial charge in [-0.2, -0.15) is 0 Å². The van der Waals surface area contributed by atoms with Gasteiger partial charge in [0, 0.05) is 17.5 Å². The Hall–Kier alpha value is -3.58. The van der Waals surface area contributed by atoms with Crippen molar-refractivity contribution in [2.45, 2.75) is 20.4 Å². The van der Waals surface area contributed by atoms with Crippen LogP contribution in [0.1, 0.15) is 28.6 Å². The monoisotopic (exact) mass is 440 g/mol. The highest BCUT2D eigenvalue weighted by Gasteiger charge is 2.17. The van der Waals surface area contributed by atoms with Crippen LogP contribution < -0.4 is 10.6 Å². The average molecular weight is 441 g/mol. The van der Waals surface area contributed by atoms with Gasteiger partial charge in [0.25, 0.3) is 5.91 Å². The summed E-state index contributed by atoms with van der Waals surface area (Å²) in [5.74, 6) is -0.289. The van der Waals surface area contributed by atoms with Crippen molar-refractivity contribution < 1.29 is 23.5 Å². The van der Waals surface area contributed by atoms with Crippen LogP contribution in [0.2, 0.25) is 5.02 Å². The van der Waals surface area contributed by atoms with Gasteiger partial charge in [-0.3, -0.25) is 9.59 Å². The topological polar surface area (TPSA) is 97.6 Å². The molecule has 1 aromatic heterocycles. The second kappa shape index (κ2) is 9.95. The Balaban J connectivity index is 1.53. The lowest BCUT2D eigenvalue weighted by Crippen LogP contribution is -2.28. The molecule has 2 aromatic carbocycles. The highest BCUT2D eigenvalue weighted by Crippen LogP contribution is 2.24. The maximum absolute atomic E-state index is 12.4. The molecule has 7 nitrogen and oxygen atoms in total. The van der Waals surface area contributed by atoms with Crippen molar-refractivity contribution in [1.29, 1.82) is 0 Å². The second-order valence-electron chi connectivity index (χ2n) is 6.80. The molecular weight excluding hydrogens is 420 g/mol. The maximum Gasteiger partial charge on any atom is 0.340 e. The number of hydrogen-bond acceptors (Lipinski definition) is 5. The van der Waals surface area contributed by atoms with Crippen LogP contribution in [0.3, 0.4) is 0 Å². The molecule has 0 aliphatic heterocycles.